The Bertz CT molecular complexity index is 779. The Labute approximate surface area is 183 Å². The van der Waals surface area contributed by atoms with Crippen molar-refractivity contribution in [3.63, 3.8) is 0 Å². The molecule has 30 heavy (non-hydrogen) atoms. The zero-order chi connectivity index (χ0) is 21.8. The van der Waals surface area contributed by atoms with Crippen molar-refractivity contribution in [3.8, 4) is 16.9 Å². The lowest BCUT2D eigenvalue weighted by Crippen LogP contribution is -2.27. The van der Waals surface area contributed by atoms with E-state index in [1.54, 1.807) is 18.9 Å². The highest BCUT2D eigenvalue weighted by Crippen LogP contribution is 2.33. The zero-order valence-electron chi connectivity index (χ0n) is 17.9. The predicted molar refractivity (Wildman–Crippen MR) is 124 cm³/mol. The Kier molecular flexibility index (Phi) is 10.8. The molecule has 0 aliphatic rings. The monoisotopic (exact) mass is 431 g/mol. The van der Waals surface area contributed by atoms with Crippen molar-refractivity contribution in [2.24, 2.45) is 0 Å². The topological polar surface area (TPSA) is 78.8 Å². The lowest BCUT2D eigenvalue weighted by molar-refractivity contribution is -0.118. The normalized spacial score (nSPS) is 11.9. The molecule has 0 heterocycles. The minimum Gasteiger partial charge on any atom is -0.496 e. The number of carbonyl (C=O) groups excluding carboxylic acids is 1. The van der Waals surface area contributed by atoms with Gasteiger partial charge in [-0.15, -0.1) is 11.8 Å². The SMILES string of the molecule is CCCCCC(O)c1cc(-c2ccc(CSCC(=O)NCCO)cc2)ccc1OC. The zero-order valence-corrected chi connectivity index (χ0v) is 18.7. The Morgan fingerprint density at radius 2 is 1.87 bits per heavy atom. The first-order chi connectivity index (χ1) is 14.6. The van der Waals surface area contributed by atoms with Crippen LogP contribution in [0, 0.1) is 0 Å². The van der Waals surface area contributed by atoms with E-state index in [1.165, 1.54) is 0 Å². The molecule has 0 spiro atoms. The molecule has 0 aromatic heterocycles. The van der Waals surface area contributed by atoms with E-state index in [4.69, 9.17) is 9.84 Å². The van der Waals surface area contributed by atoms with Gasteiger partial charge in [-0.1, -0.05) is 56.5 Å². The van der Waals surface area contributed by atoms with Crippen LogP contribution >= 0.6 is 11.8 Å². The van der Waals surface area contributed by atoms with Gasteiger partial charge in [0.05, 0.1) is 25.6 Å². The van der Waals surface area contributed by atoms with E-state index in [0.29, 0.717) is 12.3 Å². The van der Waals surface area contributed by atoms with Gasteiger partial charge in [0.2, 0.25) is 5.91 Å². The molecule has 1 amide bonds. The minimum atomic E-state index is -0.529. The number of unbranched alkanes of at least 4 members (excludes halogenated alkanes) is 2. The number of nitrogens with one attached hydrogen (secondary N) is 1. The quantitative estimate of drug-likeness (QED) is 0.412. The molecule has 0 aliphatic heterocycles. The molecule has 3 N–H and O–H groups in total. The van der Waals surface area contributed by atoms with Gasteiger partial charge in [0.25, 0.3) is 0 Å². The van der Waals surface area contributed by atoms with E-state index < -0.39 is 6.10 Å². The average Bonchev–Trinajstić information content (AvgIpc) is 2.77. The molecule has 2 aromatic carbocycles. The number of amides is 1. The second-order valence-corrected chi connectivity index (χ2v) is 8.22. The summed E-state index contributed by atoms with van der Waals surface area (Å²) in [5.74, 6) is 1.78. The summed E-state index contributed by atoms with van der Waals surface area (Å²) >= 11 is 1.54. The molecule has 0 fully saturated rings. The van der Waals surface area contributed by atoms with Crippen molar-refractivity contribution in [1.82, 2.24) is 5.32 Å². The number of hydrogen-bond donors (Lipinski definition) is 3. The van der Waals surface area contributed by atoms with Gasteiger partial charge in [0.15, 0.2) is 0 Å². The summed E-state index contributed by atoms with van der Waals surface area (Å²) in [5.41, 5.74) is 4.10. The van der Waals surface area contributed by atoms with E-state index in [9.17, 15) is 9.90 Å². The Morgan fingerprint density at radius 1 is 1.13 bits per heavy atom. The van der Waals surface area contributed by atoms with Crippen molar-refractivity contribution < 1.29 is 19.7 Å². The third-order valence-electron chi connectivity index (χ3n) is 4.89. The summed E-state index contributed by atoms with van der Waals surface area (Å²) in [5, 5.41) is 22.0. The van der Waals surface area contributed by atoms with Crippen LogP contribution in [0.5, 0.6) is 5.75 Å². The molecule has 0 aliphatic carbocycles. The Hall–Kier alpha value is -2.02. The van der Waals surface area contributed by atoms with Crippen molar-refractivity contribution >= 4 is 17.7 Å². The molecular weight excluding hydrogens is 398 g/mol. The van der Waals surface area contributed by atoms with Gasteiger partial charge in [-0.05, 0) is 35.2 Å². The van der Waals surface area contributed by atoms with Crippen LogP contribution < -0.4 is 10.1 Å². The van der Waals surface area contributed by atoms with Crippen molar-refractivity contribution in [2.45, 2.75) is 44.5 Å². The number of methoxy groups -OCH3 is 1. The fourth-order valence-electron chi connectivity index (χ4n) is 3.22. The standard InChI is InChI=1S/C24H33NO4S/c1-3-4-5-6-22(27)21-15-20(11-12-23(21)29-2)19-9-7-18(8-10-19)16-30-17-24(28)25-13-14-26/h7-12,15,22,26-27H,3-6,13-14,16-17H2,1-2H3,(H,25,28). The highest BCUT2D eigenvalue weighted by molar-refractivity contribution is 7.99. The Balaban J connectivity index is 2.01. The lowest BCUT2D eigenvalue weighted by Gasteiger charge is -2.16. The number of carbonyl (C=O) groups is 1. The fourth-order valence-corrected chi connectivity index (χ4v) is 4.04. The van der Waals surface area contributed by atoms with Crippen LogP contribution in [0.1, 0.15) is 49.8 Å². The number of benzene rings is 2. The summed E-state index contributed by atoms with van der Waals surface area (Å²) in [6.45, 7) is 2.41. The highest BCUT2D eigenvalue weighted by atomic mass is 32.2. The van der Waals surface area contributed by atoms with Gasteiger partial charge in [-0.2, -0.15) is 0 Å². The largest absolute Gasteiger partial charge is 0.496 e. The van der Waals surface area contributed by atoms with E-state index in [-0.39, 0.29) is 12.5 Å². The summed E-state index contributed by atoms with van der Waals surface area (Å²) in [7, 11) is 1.63. The molecule has 5 nitrogen and oxygen atoms in total. The van der Waals surface area contributed by atoms with E-state index >= 15 is 0 Å². The van der Waals surface area contributed by atoms with Crippen molar-refractivity contribution in [1.29, 1.82) is 0 Å². The maximum atomic E-state index is 11.6. The third kappa shape index (κ3) is 7.67. The highest BCUT2D eigenvalue weighted by Gasteiger charge is 2.14. The first kappa shape index (κ1) is 24.3. The second-order valence-electron chi connectivity index (χ2n) is 7.23. The number of rotatable bonds is 13. The van der Waals surface area contributed by atoms with Crippen LogP contribution in [-0.2, 0) is 10.5 Å². The van der Waals surface area contributed by atoms with Gasteiger partial charge in [0, 0.05) is 17.9 Å². The summed E-state index contributed by atoms with van der Waals surface area (Å²) in [6.07, 6.45) is 3.44. The lowest BCUT2D eigenvalue weighted by atomic mass is 9.96. The summed E-state index contributed by atoms with van der Waals surface area (Å²) < 4.78 is 5.46. The molecule has 1 unspecified atom stereocenters. The van der Waals surface area contributed by atoms with Crippen molar-refractivity contribution in [2.75, 3.05) is 26.0 Å². The average molecular weight is 432 g/mol. The van der Waals surface area contributed by atoms with Gasteiger partial charge in [-0.3, -0.25) is 4.79 Å². The smallest absolute Gasteiger partial charge is 0.230 e. The maximum Gasteiger partial charge on any atom is 0.230 e. The van der Waals surface area contributed by atoms with E-state index in [2.05, 4.69) is 36.5 Å². The number of thioether (sulfide) groups is 1. The molecule has 0 saturated carbocycles. The summed E-state index contributed by atoms with van der Waals surface area (Å²) in [6, 6.07) is 14.2. The molecule has 1 atom stereocenters. The van der Waals surface area contributed by atoms with Crippen LogP contribution in [0.3, 0.4) is 0 Å². The van der Waals surface area contributed by atoms with E-state index in [1.807, 2.05) is 18.2 Å². The number of ether oxygens (including phenoxy) is 1. The second kappa shape index (κ2) is 13.3. The van der Waals surface area contributed by atoms with Crippen LogP contribution in [-0.4, -0.2) is 42.1 Å². The van der Waals surface area contributed by atoms with Crippen LogP contribution in [0.2, 0.25) is 0 Å². The molecule has 2 rings (SSSR count). The fraction of sp³-hybridized carbons (Fsp3) is 0.458. The van der Waals surface area contributed by atoms with Crippen LogP contribution in [0.25, 0.3) is 11.1 Å². The first-order valence-corrected chi connectivity index (χ1v) is 11.6. The molecular formula is C24H33NO4S. The molecule has 0 saturated heterocycles. The van der Waals surface area contributed by atoms with Gasteiger partial charge < -0.3 is 20.3 Å². The minimum absolute atomic E-state index is 0.0410. The first-order valence-electron chi connectivity index (χ1n) is 10.5. The van der Waals surface area contributed by atoms with Crippen molar-refractivity contribution in [3.05, 3.63) is 53.6 Å². The predicted octanol–water partition coefficient (Wildman–Crippen LogP) is 4.32. The number of aliphatic hydroxyl groups excluding tert-OH is 2. The molecule has 164 valence electrons. The summed E-state index contributed by atoms with van der Waals surface area (Å²) in [4.78, 5) is 11.6. The maximum absolute atomic E-state index is 11.6. The van der Waals surface area contributed by atoms with E-state index in [0.717, 1.165) is 59.4 Å². The third-order valence-corrected chi connectivity index (χ3v) is 5.90. The number of aliphatic hydroxyl groups is 2. The van der Waals surface area contributed by atoms with Gasteiger partial charge in [-0.25, -0.2) is 0 Å². The van der Waals surface area contributed by atoms with Crippen LogP contribution in [0.4, 0.5) is 0 Å². The van der Waals surface area contributed by atoms with Gasteiger partial charge >= 0.3 is 0 Å². The number of hydrogen-bond acceptors (Lipinski definition) is 5. The molecule has 6 heteroatoms. The molecule has 0 bridgehead atoms. The van der Waals surface area contributed by atoms with Gasteiger partial charge in [0.1, 0.15) is 5.75 Å². The molecule has 2 aromatic rings. The molecule has 0 radical (unpaired) electrons. The Morgan fingerprint density at radius 3 is 2.53 bits per heavy atom. The van der Waals surface area contributed by atoms with Crippen LogP contribution in [0.15, 0.2) is 42.5 Å².